The second-order valence-electron chi connectivity index (χ2n) is 11.8. The van der Waals surface area contributed by atoms with Crippen molar-refractivity contribution in [1.29, 1.82) is 0 Å². The SMILES string of the molecule is Cc1ccc(C(=O)NC[C@@H]2NC(N)=[N+]3CC(NC(=O)c4cccc5c4OCCC5(C)C)C(O)(O)[C@@]34NC(N)=N[C@@H]24)nn1. The summed E-state index contributed by atoms with van der Waals surface area (Å²) in [5, 5.41) is 42.8. The Morgan fingerprint density at radius 1 is 1.17 bits per heavy atom. The fourth-order valence-corrected chi connectivity index (χ4v) is 6.32. The molecule has 4 atom stereocenters. The number of ether oxygens (including phenoxy) is 1. The van der Waals surface area contributed by atoms with Crippen LogP contribution in [0.1, 0.15) is 52.4 Å². The van der Waals surface area contributed by atoms with Gasteiger partial charge in [-0.3, -0.25) is 20.6 Å². The van der Waals surface area contributed by atoms with Crippen molar-refractivity contribution in [3.63, 3.8) is 0 Å². The van der Waals surface area contributed by atoms with E-state index in [0.717, 1.165) is 12.0 Å². The van der Waals surface area contributed by atoms with Crippen molar-refractivity contribution < 1.29 is 29.1 Å². The fourth-order valence-electron chi connectivity index (χ4n) is 6.32. The first-order valence-electron chi connectivity index (χ1n) is 13.7. The highest BCUT2D eigenvalue weighted by molar-refractivity contribution is 5.98. The normalized spacial score (nSPS) is 28.2. The van der Waals surface area contributed by atoms with Crippen LogP contribution in [0.15, 0.2) is 35.3 Å². The molecule has 0 bridgehead atoms. The molecule has 6 rings (SSSR count). The second kappa shape index (κ2) is 9.52. The summed E-state index contributed by atoms with van der Waals surface area (Å²) in [5.41, 5.74) is 12.5. The molecule has 10 N–H and O–H groups in total. The van der Waals surface area contributed by atoms with E-state index < -0.39 is 41.4 Å². The van der Waals surface area contributed by atoms with Gasteiger partial charge in [-0.15, -0.1) is 5.10 Å². The van der Waals surface area contributed by atoms with Crippen molar-refractivity contribution >= 4 is 23.7 Å². The quantitative estimate of drug-likeness (QED) is 0.135. The van der Waals surface area contributed by atoms with E-state index in [2.05, 4.69) is 50.3 Å². The molecule has 2 aromatic rings. The van der Waals surface area contributed by atoms with Crippen LogP contribution in [0.2, 0.25) is 0 Å². The van der Waals surface area contributed by atoms with Gasteiger partial charge in [0.25, 0.3) is 11.8 Å². The highest BCUT2D eigenvalue weighted by atomic mass is 16.5. The van der Waals surface area contributed by atoms with Gasteiger partial charge in [0.05, 0.1) is 31.0 Å². The predicted molar refractivity (Wildman–Crippen MR) is 150 cm³/mol. The fraction of sp³-hybridized carbons (Fsp3) is 0.481. The molecule has 15 nitrogen and oxygen atoms in total. The first-order valence-corrected chi connectivity index (χ1v) is 13.7. The van der Waals surface area contributed by atoms with E-state index in [4.69, 9.17) is 16.2 Å². The highest BCUT2D eigenvalue weighted by Gasteiger charge is 2.75. The minimum atomic E-state index is -2.61. The number of carbonyl (C=O) groups excluding carboxylic acids is 2. The summed E-state index contributed by atoms with van der Waals surface area (Å²) in [6.07, 6.45) is 0.804. The third kappa shape index (κ3) is 4.10. The van der Waals surface area contributed by atoms with Crippen LogP contribution in [0.3, 0.4) is 0 Å². The van der Waals surface area contributed by atoms with Gasteiger partial charge in [0.2, 0.25) is 11.4 Å². The van der Waals surface area contributed by atoms with Gasteiger partial charge in [0, 0.05) is 5.56 Å². The average Bonchev–Trinajstić information content (AvgIpc) is 3.41. The molecule has 0 radical (unpaired) electrons. The zero-order chi connectivity index (χ0) is 30.0. The van der Waals surface area contributed by atoms with Crippen molar-refractivity contribution in [2.45, 2.75) is 62.2 Å². The van der Waals surface area contributed by atoms with E-state index in [1.54, 1.807) is 31.2 Å². The Bertz CT molecular complexity index is 1520. The van der Waals surface area contributed by atoms with Crippen molar-refractivity contribution in [3.8, 4) is 5.75 Å². The summed E-state index contributed by atoms with van der Waals surface area (Å²) in [7, 11) is 0. The van der Waals surface area contributed by atoms with E-state index in [0.29, 0.717) is 23.6 Å². The monoisotopic (exact) mass is 579 g/mol. The zero-order valence-electron chi connectivity index (χ0n) is 23.5. The molecule has 0 saturated carbocycles. The molecule has 0 aliphatic carbocycles. The number of aliphatic imine (C=N–C) groups is 1. The molecule has 1 unspecified atom stereocenters. The maximum absolute atomic E-state index is 13.6. The van der Waals surface area contributed by atoms with Crippen LogP contribution in [0.5, 0.6) is 5.75 Å². The lowest BCUT2D eigenvalue weighted by Crippen LogP contribution is -2.79. The first kappa shape index (κ1) is 27.7. The number of nitrogens with two attached hydrogens (primary N) is 2. The summed E-state index contributed by atoms with van der Waals surface area (Å²) >= 11 is 0. The molecular formula is C27H35N10O5+. The van der Waals surface area contributed by atoms with E-state index in [9.17, 15) is 19.8 Å². The van der Waals surface area contributed by atoms with Gasteiger partial charge in [-0.05, 0) is 37.0 Å². The van der Waals surface area contributed by atoms with Crippen molar-refractivity contribution in [1.82, 2.24) is 31.5 Å². The molecule has 1 aromatic heterocycles. The molecule has 15 heteroatoms. The topological polar surface area (TPSA) is 225 Å². The summed E-state index contributed by atoms with van der Waals surface area (Å²) < 4.78 is 7.39. The van der Waals surface area contributed by atoms with E-state index in [-0.39, 0.29) is 36.1 Å². The molecule has 4 aliphatic rings. The molecule has 1 fully saturated rings. The van der Waals surface area contributed by atoms with Crippen LogP contribution in [-0.4, -0.2) is 98.0 Å². The lowest BCUT2D eigenvalue weighted by molar-refractivity contribution is -0.623. The number of carbonyl (C=O) groups is 2. The molecule has 222 valence electrons. The number of hydrogen-bond acceptors (Lipinski definition) is 12. The molecule has 1 saturated heterocycles. The molecule has 2 amide bonds. The van der Waals surface area contributed by atoms with Crippen molar-refractivity contribution in [3.05, 3.63) is 52.8 Å². The summed E-state index contributed by atoms with van der Waals surface area (Å²) in [6.45, 7) is 6.31. The van der Waals surface area contributed by atoms with Gasteiger partial charge in [-0.2, -0.15) is 5.10 Å². The Hall–Kier alpha value is -4.50. The average molecular weight is 580 g/mol. The molecule has 4 aliphatic heterocycles. The molecule has 42 heavy (non-hydrogen) atoms. The maximum atomic E-state index is 13.6. The van der Waals surface area contributed by atoms with E-state index >= 15 is 0 Å². The van der Waals surface area contributed by atoms with E-state index in [1.807, 2.05) is 6.07 Å². The molecule has 1 aromatic carbocycles. The number of amides is 2. The lowest BCUT2D eigenvalue weighted by atomic mass is 9.79. The second-order valence-corrected chi connectivity index (χ2v) is 11.8. The lowest BCUT2D eigenvalue weighted by Gasteiger charge is -2.43. The van der Waals surface area contributed by atoms with Gasteiger partial charge in [-0.1, -0.05) is 26.0 Å². The van der Waals surface area contributed by atoms with Gasteiger partial charge in [-0.25, -0.2) is 9.57 Å². The van der Waals surface area contributed by atoms with Gasteiger partial charge < -0.3 is 36.6 Å². The summed E-state index contributed by atoms with van der Waals surface area (Å²) in [5.74, 6) is -3.10. The third-order valence-corrected chi connectivity index (χ3v) is 8.65. The molecule has 1 spiro atoms. The molecule has 5 heterocycles. The van der Waals surface area contributed by atoms with Gasteiger partial charge in [0.15, 0.2) is 11.7 Å². The Balaban J connectivity index is 1.26. The van der Waals surface area contributed by atoms with E-state index in [1.165, 1.54) is 4.58 Å². The van der Waals surface area contributed by atoms with Crippen molar-refractivity contribution in [2.24, 2.45) is 16.5 Å². The highest BCUT2D eigenvalue weighted by Crippen LogP contribution is 2.43. The predicted octanol–water partition coefficient (Wildman–Crippen LogP) is -2.65. The number of hydrogen-bond donors (Lipinski definition) is 8. The van der Waals surface area contributed by atoms with Crippen LogP contribution in [-0.2, 0) is 5.41 Å². The number of para-hydroxylation sites is 1. The van der Waals surface area contributed by atoms with Crippen molar-refractivity contribution in [2.75, 3.05) is 19.7 Å². The van der Waals surface area contributed by atoms with Crippen LogP contribution in [0.25, 0.3) is 0 Å². The number of rotatable bonds is 5. The Labute approximate surface area is 241 Å². The van der Waals surface area contributed by atoms with Crippen LogP contribution < -0.4 is 37.5 Å². The maximum Gasteiger partial charge on any atom is 0.346 e. The standard InChI is InChI=1S/C27H34N10O5/c1-13-7-8-16(36-35-13)22(39)30-11-17-20-26(34-23(28)33-20)27(40,41)18(12-37(26)24(29)31-17)32-21(38)14-5-4-6-15-19(14)42-10-9-25(15,2)3/h4-8,17-18,20,40-41H,9-12H2,1-3H3,(H7,28,29,30,31,32,33,34,38,39)/p+1/t17-,18?,20-,26-/m0/s1. The number of guanidine groups is 2. The summed E-state index contributed by atoms with van der Waals surface area (Å²) in [6, 6.07) is 5.72. The van der Waals surface area contributed by atoms with Crippen LogP contribution in [0, 0.1) is 6.92 Å². The summed E-state index contributed by atoms with van der Waals surface area (Å²) in [4.78, 5) is 30.8. The van der Waals surface area contributed by atoms with Gasteiger partial charge in [0.1, 0.15) is 23.9 Å². The Kier molecular flexibility index (Phi) is 6.27. The Morgan fingerprint density at radius 2 is 1.95 bits per heavy atom. The minimum absolute atomic E-state index is 0.00973. The largest absolute Gasteiger partial charge is 0.492 e. The number of aryl methyl sites for hydroxylation is 1. The number of benzene rings is 1. The number of aromatic nitrogens is 2. The third-order valence-electron chi connectivity index (χ3n) is 8.65. The zero-order valence-corrected chi connectivity index (χ0v) is 23.5. The molecular weight excluding hydrogens is 544 g/mol. The Morgan fingerprint density at radius 3 is 2.69 bits per heavy atom. The minimum Gasteiger partial charge on any atom is -0.492 e. The van der Waals surface area contributed by atoms with Gasteiger partial charge >= 0.3 is 5.96 Å². The number of nitrogens with one attached hydrogen (secondary N) is 4. The number of nitrogens with zero attached hydrogens (tertiary/aromatic N) is 4. The number of aliphatic hydroxyl groups is 2. The van der Waals surface area contributed by atoms with Crippen LogP contribution >= 0.6 is 0 Å². The number of fused-ring (bicyclic) bond motifs is 1. The first-order chi connectivity index (χ1) is 19.8. The smallest absolute Gasteiger partial charge is 0.346 e. The van der Waals surface area contributed by atoms with Crippen LogP contribution in [0.4, 0.5) is 0 Å².